The molecule has 1 aromatic rings. The average molecular weight is 268 g/mol. The highest BCUT2D eigenvalue weighted by atomic mass is 32.2. The summed E-state index contributed by atoms with van der Waals surface area (Å²) in [6.07, 6.45) is 4.61. The number of hydrogen-bond acceptors (Lipinski definition) is 5. The molecule has 0 unspecified atom stereocenters. The van der Waals surface area contributed by atoms with Gasteiger partial charge in [-0.05, 0) is 20.3 Å². The molecule has 0 radical (unpaired) electrons. The second-order valence-electron chi connectivity index (χ2n) is 3.76. The SMILES string of the molecule is CCN(CC)C(=O)CCCSc1nccnc1N. The molecule has 0 fully saturated rings. The third-order valence-electron chi connectivity index (χ3n) is 2.58. The molecule has 1 rings (SSSR count). The molecule has 0 atom stereocenters. The van der Waals surface area contributed by atoms with Crippen LogP contribution in [0.5, 0.6) is 0 Å². The van der Waals surface area contributed by atoms with Crippen molar-refractivity contribution < 1.29 is 4.79 Å². The first-order valence-electron chi connectivity index (χ1n) is 6.16. The fraction of sp³-hybridized carbons (Fsp3) is 0.583. The van der Waals surface area contributed by atoms with E-state index in [1.54, 1.807) is 24.2 Å². The number of carbonyl (C=O) groups excluding carboxylic acids is 1. The average Bonchev–Trinajstić information content (AvgIpc) is 2.38. The Kier molecular flexibility index (Phi) is 6.49. The van der Waals surface area contributed by atoms with Gasteiger partial charge in [0.2, 0.25) is 5.91 Å². The van der Waals surface area contributed by atoms with Crippen LogP contribution in [0, 0.1) is 0 Å². The number of nitrogens with two attached hydrogens (primary N) is 1. The van der Waals surface area contributed by atoms with Crippen LogP contribution in [-0.4, -0.2) is 39.6 Å². The Morgan fingerprint density at radius 2 is 2.00 bits per heavy atom. The van der Waals surface area contributed by atoms with Crippen LogP contribution in [0.25, 0.3) is 0 Å². The van der Waals surface area contributed by atoms with Gasteiger partial charge in [-0.15, -0.1) is 11.8 Å². The molecule has 0 aliphatic carbocycles. The third-order valence-corrected chi connectivity index (χ3v) is 3.66. The Bertz CT molecular complexity index is 382. The second-order valence-corrected chi connectivity index (χ2v) is 4.85. The van der Waals surface area contributed by atoms with Crippen LogP contribution >= 0.6 is 11.8 Å². The molecule has 0 aromatic carbocycles. The van der Waals surface area contributed by atoms with Crippen LogP contribution in [0.3, 0.4) is 0 Å². The molecule has 0 aliphatic heterocycles. The predicted molar refractivity (Wildman–Crippen MR) is 74.3 cm³/mol. The molecule has 5 nitrogen and oxygen atoms in total. The number of aromatic nitrogens is 2. The van der Waals surface area contributed by atoms with E-state index in [0.717, 1.165) is 30.3 Å². The molecule has 0 aliphatic rings. The summed E-state index contributed by atoms with van der Waals surface area (Å²) < 4.78 is 0. The van der Waals surface area contributed by atoms with Gasteiger partial charge in [0.15, 0.2) is 5.82 Å². The van der Waals surface area contributed by atoms with Crippen LogP contribution < -0.4 is 5.73 Å². The summed E-state index contributed by atoms with van der Waals surface area (Å²) >= 11 is 1.55. The maximum atomic E-state index is 11.7. The van der Waals surface area contributed by atoms with E-state index in [1.807, 2.05) is 18.7 Å². The zero-order valence-corrected chi connectivity index (χ0v) is 11.7. The van der Waals surface area contributed by atoms with Crippen LogP contribution in [0.2, 0.25) is 0 Å². The highest BCUT2D eigenvalue weighted by Gasteiger charge is 2.09. The summed E-state index contributed by atoms with van der Waals surface area (Å²) in [7, 11) is 0. The van der Waals surface area contributed by atoms with E-state index >= 15 is 0 Å². The van der Waals surface area contributed by atoms with E-state index in [4.69, 9.17) is 5.73 Å². The smallest absolute Gasteiger partial charge is 0.222 e. The minimum atomic E-state index is 0.215. The number of amides is 1. The number of carbonyl (C=O) groups is 1. The van der Waals surface area contributed by atoms with Crippen LogP contribution in [0.1, 0.15) is 26.7 Å². The van der Waals surface area contributed by atoms with E-state index in [-0.39, 0.29) is 5.91 Å². The fourth-order valence-corrected chi connectivity index (χ4v) is 2.39. The number of nitrogens with zero attached hydrogens (tertiary/aromatic N) is 3. The van der Waals surface area contributed by atoms with Crippen LogP contribution in [0.4, 0.5) is 5.82 Å². The van der Waals surface area contributed by atoms with Crippen molar-refractivity contribution in [3.05, 3.63) is 12.4 Å². The molecule has 2 N–H and O–H groups in total. The number of nitrogen functional groups attached to an aromatic ring is 1. The van der Waals surface area contributed by atoms with Crippen molar-refractivity contribution in [2.24, 2.45) is 0 Å². The van der Waals surface area contributed by atoms with Gasteiger partial charge in [-0.3, -0.25) is 4.79 Å². The van der Waals surface area contributed by atoms with Crippen molar-refractivity contribution in [2.45, 2.75) is 31.7 Å². The van der Waals surface area contributed by atoms with E-state index in [9.17, 15) is 4.79 Å². The predicted octanol–water partition coefficient (Wildman–Crippen LogP) is 1.80. The molecule has 1 aromatic heterocycles. The Morgan fingerprint density at radius 3 is 2.61 bits per heavy atom. The topological polar surface area (TPSA) is 72.1 Å². The molecule has 6 heteroatoms. The minimum Gasteiger partial charge on any atom is -0.381 e. The number of rotatable bonds is 7. The third kappa shape index (κ3) is 4.52. The van der Waals surface area contributed by atoms with E-state index in [1.165, 1.54) is 0 Å². The minimum absolute atomic E-state index is 0.215. The van der Waals surface area contributed by atoms with Gasteiger partial charge in [0.25, 0.3) is 0 Å². The normalized spacial score (nSPS) is 10.3. The van der Waals surface area contributed by atoms with Gasteiger partial charge < -0.3 is 10.6 Å². The molecule has 0 bridgehead atoms. The second kappa shape index (κ2) is 7.92. The Labute approximate surface area is 112 Å². The first-order valence-corrected chi connectivity index (χ1v) is 7.14. The van der Waals surface area contributed by atoms with Crippen molar-refractivity contribution in [1.29, 1.82) is 0 Å². The van der Waals surface area contributed by atoms with Gasteiger partial charge in [-0.2, -0.15) is 0 Å². The fourth-order valence-electron chi connectivity index (χ4n) is 1.57. The quantitative estimate of drug-likeness (QED) is 0.603. The summed E-state index contributed by atoms with van der Waals surface area (Å²) in [5.41, 5.74) is 5.68. The Morgan fingerprint density at radius 1 is 1.33 bits per heavy atom. The summed E-state index contributed by atoms with van der Waals surface area (Å²) in [4.78, 5) is 21.7. The molecular weight excluding hydrogens is 248 g/mol. The first kappa shape index (κ1) is 14.8. The van der Waals surface area contributed by atoms with Crippen LogP contribution in [0.15, 0.2) is 17.4 Å². The van der Waals surface area contributed by atoms with Gasteiger partial charge in [-0.25, -0.2) is 9.97 Å². The highest BCUT2D eigenvalue weighted by Crippen LogP contribution is 2.20. The van der Waals surface area contributed by atoms with Crippen LogP contribution in [-0.2, 0) is 4.79 Å². The summed E-state index contributed by atoms with van der Waals surface area (Å²) in [6.45, 7) is 5.55. The molecule has 100 valence electrons. The van der Waals surface area contributed by atoms with Crippen molar-refractivity contribution in [2.75, 3.05) is 24.6 Å². The van der Waals surface area contributed by atoms with Crippen molar-refractivity contribution in [1.82, 2.24) is 14.9 Å². The standard InChI is InChI=1S/C12H20N4OS/c1-3-16(4-2)10(17)6-5-9-18-12-11(13)14-7-8-15-12/h7-8H,3-6,9H2,1-2H3,(H2,13,14). The lowest BCUT2D eigenvalue weighted by atomic mass is 10.3. The Balaban J connectivity index is 2.27. The lowest BCUT2D eigenvalue weighted by Gasteiger charge is -2.18. The lowest BCUT2D eigenvalue weighted by molar-refractivity contribution is -0.130. The van der Waals surface area contributed by atoms with Gasteiger partial charge in [-0.1, -0.05) is 0 Å². The van der Waals surface area contributed by atoms with Gasteiger partial charge in [0.05, 0.1) is 0 Å². The Hall–Kier alpha value is -1.30. The number of thioether (sulfide) groups is 1. The first-order chi connectivity index (χ1) is 8.69. The zero-order chi connectivity index (χ0) is 13.4. The largest absolute Gasteiger partial charge is 0.381 e. The van der Waals surface area contributed by atoms with E-state index in [2.05, 4.69) is 9.97 Å². The van der Waals surface area contributed by atoms with Gasteiger partial charge in [0.1, 0.15) is 5.03 Å². The van der Waals surface area contributed by atoms with Gasteiger partial charge in [0, 0.05) is 37.7 Å². The van der Waals surface area contributed by atoms with Crippen molar-refractivity contribution >= 4 is 23.5 Å². The molecule has 0 saturated carbocycles. The summed E-state index contributed by atoms with van der Waals surface area (Å²) in [5.74, 6) is 1.50. The van der Waals surface area contributed by atoms with Crippen molar-refractivity contribution in [3.63, 3.8) is 0 Å². The summed E-state index contributed by atoms with van der Waals surface area (Å²) in [5, 5.41) is 0.743. The molecular formula is C12H20N4OS. The maximum Gasteiger partial charge on any atom is 0.222 e. The number of hydrogen-bond donors (Lipinski definition) is 1. The van der Waals surface area contributed by atoms with Gasteiger partial charge >= 0.3 is 0 Å². The molecule has 1 amide bonds. The van der Waals surface area contributed by atoms with Crippen molar-refractivity contribution in [3.8, 4) is 0 Å². The highest BCUT2D eigenvalue weighted by molar-refractivity contribution is 7.99. The molecule has 0 saturated heterocycles. The molecule has 0 spiro atoms. The summed E-state index contributed by atoms with van der Waals surface area (Å²) in [6, 6.07) is 0. The van der Waals surface area contributed by atoms with E-state index < -0.39 is 0 Å². The van der Waals surface area contributed by atoms with E-state index in [0.29, 0.717) is 12.2 Å². The lowest BCUT2D eigenvalue weighted by Crippen LogP contribution is -2.30. The number of anilines is 1. The monoisotopic (exact) mass is 268 g/mol. The zero-order valence-electron chi connectivity index (χ0n) is 10.9. The maximum absolute atomic E-state index is 11.7. The molecule has 1 heterocycles. The molecule has 18 heavy (non-hydrogen) atoms.